The number of hydrogen-bond acceptors (Lipinski definition) is 4. The molecule has 1 aromatic rings. The van der Waals surface area contributed by atoms with E-state index in [-0.39, 0.29) is 0 Å². The van der Waals surface area contributed by atoms with Gasteiger partial charge in [0.05, 0.1) is 11.1 Å². The molecule has 96 valence electrons. The van der Waals surface area contributed by atoms with Crippen LogP contribution in [0, 0.1) is 0 Å². The van der Waals surface area contributed by atoms with Gasteiger partial charge in [0, 0.05) is 18.7 Å². The number of fused-ring (bicyclic) bond motifs is 1. The van der Waals surface area contributed by atoms with Crippen molar-refractivity contribution >= 4 is 15.8 Å². The zero-order valence-corrected chi connectivity index (χ0v) is 10.8. The number of piperidine rings is 1. The van der Waals surface area contributed by atoms with Crippen molar-refractivity contribution in [2.75, 3.05) is 13.1 Å². The van der Waals surface area contributed by atoms with Crippen molar-refractivity contribution in [2.24, 2.45) is 0 Å². The molecule has 4 nitrogen and oxygen atoms in total. The maximum absolute atomic E-state index is 11.7. The highest BCUT2D eigenvalue weighted by Gasteiger charge is 2.27. The smallest absolute Gasteiger partial charge is 0.334 e. The molecule has 0 amide bonds. The quantitative estimate of drug-likeness (QED) is 0.730. The fourth-order valence-corrected chi connectivity index (χ4v) is 3.47. The van der Waals surface area contributed by atoms with Crippen molar-refractivity contribution in [1.29, 1.82) is 0 Å². The maximum Gasteiger partial charge on any atom is 0.334 e. The van der Waals surface area contributed by atoms with Crippen molar-refractivity contribution in [1.82, 2.24) is 4.90 Å². The van der Waals surface area contributed by atoms with Gasteiger partial charge in [-0.3, -0.25) is 0 Å². The monoisotopic (exact) mass is 265 g/mol. The predicted octanol–water partition coefficient (Wildman–Crippen LogP) is 2.19. The number of para-hydroxylation sites is 1. The van der Waals surface area contributed by atoms with Crippen molar-refractivity contribution in [3.05, 3.63) is 35.2 Å². The molecule has 1 saturated heterocycles. The first-order valence-electron chi connectivity index (χ1n) is 6.16. The van der Waals surface area contributed by atoms with Crippen molar-refractivity contribution < 1.29 is 12.6 Å². The molecule has 0 aromatic heterocycles. The Labute approximate surface area is 107 Å². The van der Waals surface area contributed by atoms with Crippen molar-refractivity contribution in [3.8, 4) is 5.75 Å². The van der Waals surface area contributed by atoms with Gasteiger partial charge in [-0.05, 0) is 31.4 Å². The Morgan fingerprint density at radius 1 is 1.06 bits per heavy atom. The first-order valence-corrected chi connectivity index (χ1v) is 7.63. The minimum atomic E-state index is -3.60. The molecule has 0 atom stereocenters. The molecule has 2 aliphatic heterocycles. The molecule has 18 heavy (non-hydrogen) atoms. The first-order chi connectivity index (χ1) is 8.66. The molecule has 1 fully saturated rings. The minimum absolute atomic E-state index is 0.431. The SMILES string of the molecule is O=S1(=O)C=C(N2CCCCC2)c2ccccc2O1. The summed E-state index contributed by atoms with van der Waals surface area (Å²) in [6, 6.07) is 7.29. The zero-order valence-electron chi connectivity index (χ0n) is 10.0. The summed E-state index contributed by atoms with van der Waals surface area (Å²) in [6.45, 7) is 1.82. The Bertz CT molecular complexity index is 586. The highest BCUT2D eigenvalue weighted by molar-refractivity contribution is 7.90. The Balaban J connectivity index is 2.07. The Hall–Kier alpha value is -1.49. The number of nitrogens with zero attached hydrogens (tertiary/aromatic N) is 1. The van der Waals surface area contributed by atoms with Gasteiger partial charge in [-0.1, -0.05) is 12.1 Å². The molecule has 0 N–H and O–H groups in total. The van der Waals surface area contributed by atoms with Gasteiger partial charge in [-0.2, -0.15) is 8.42 Å². The highest BCUT2D eigenvalue weighted by atomic mass is 32.2. The molecule has 3 rings (SSSR count). The average Bonchev–Trinajstić information content (AvgIpc) is 2.38. The van der Waals surface area contributed by atoms with Crippen LogP contribution in [-0.4, -0.2) is 26.4 Å². The Morgan fingerprint density at radius 3 is 2.56 bits per heavy atom. The second-order valence-electron chi connectivity index (χ2n) is 4.62. The average molecular weight is 265 g/mol. The summed E-state index contributed by atoms with van der Waals surface area (Å²) < 4.78 is 28.5. The van der Waals surface area contributed by atoms with Crippen LogP contribution in [0.1, 0.15) is 24.8 Å². The van der Waals surface area contributed by atoms with Crippen LogP contribution < -0.4 is 4.18 Å². The summed E-state index contributed by atoms with van der Waals surface area (Å²) in [5.41, 5.74) is 1.64. The second-order valence-corrected chi connectivity index (χ2v) is 6.01. The largest absolute Gasteiger partial charge is 0.379 e. The summed E-state index contributed by atoms with van der Waals surface area (Å²) in [7, 11) is -3.60. The van der Waals surface area contributed by atoms with Crippen LogP contribution in [0.5, 0.6) is 5.75 Å². The first kappa shape index (κ1) is 11.6. The van der Waals surface area contributed by atoms with Gasteiger partial charge in [-0.15, -0.1) is 0 Å². The summed E-state index contributed by atoms with van der Waals surface area (Å²) in [6.07, 6.45) is 3.44. The van der Waals surface area contributed by atoms with Crippen molar-refractivity contribution in [2.45, 2.75) is 19.3 Å². The number of benzene rings is 1. The van der Waals surface area contributed by atoms with Gasteiger partial charge in [0.15, 0.2) is 5.75 Å². The van der Waals surface area contributed by atoms with E-state index in [9.17, 15) is 8.42 Å². The third-order valence-electron chi connectivity index (χ3n) is 3.32. The van der Waals surface area contributed by atoms with Crippen LogP contribution in [0.2, 0.25) is 0 Å². The second kappa shape index (κ2) is 4.31. The van der Waals surface area contributed by atoms with Crippen LogP contribution in [0.25, 0.3) is 5.70 Å². The fourth-order valence-electron chi connectivity index (χ4n) is 2.48. The third kappa shape index (κ3) is 2.10. The van der Waals surface area contributed by atoms with Crippen LogP contribution >= 0.6 is 0 Å². The molecule has 0 unspecified atom stereocenters. The van der Waals surface area contributed by atoms with E-state index in [1.165, 1.54) is 11.8 Å². The number of likely N-dealkylation sites (tertiary alicyclic amines) is 1. The highest BCUT2D eigenvalue weighted by Crippen LogP contribution is 2.35. The number of rotatable bonds is 1. The topological polar surface area (TPSA) is 46.6 Å². The van der Waals surface area contributed by atoms with E-state index in [0.29, 0.717) is 5.75 Å². The maximum atomic E-state index is 11.7. The molecule has 0 bridgehead atoms. The van der Waals surface area contributed by atoms with Crippen molar-refractivity contribution in [3.63, 3.8) is 0 Å². The molecule has 1 aromatic carbocycles. The standard InChI is InChI=1S/C13H15NO3S/c15-18(16)10-12(14-8-4-1-5-9-14)11-6-2-3-7-13(11)17-18/h2-3,6-7,10H,1,4-5,8-9H2. The van der Waals surface area contributed by atoms with Gasteiger partial charge in [0.2, 0.25) is 0 Å². The fraction of sp³-hybridized carbons (Fsp3) is 0.385. The van der Waals surface area contributed by atoms with E-state index in [2.05, 4.69) is 4.90 Å². The molecule has 0 radical (unpaired) electrons. The van der Waals surface area contributed by atoms with Gasteiger partial charge >= 0.3 is 10.1 Å². The predicted molar refractivity (Wildman–Crippen MR) is 69.4 cm³/mol. The van der Waals surface area contributed by atoms with Gasteiger partial charge in [0.25, 0.3) is 0 Å². The number of hydrogen-bond donors (Lipinski definition) is 0. The van der Waals surface area contributed by atoms with Gasteiger partial charge in [-0.25, -0.2) is 0 Å². The van der Waals surface area contributed by atoms with E-state index in [1.54, 1.807) is 12.1 Å². The minimum Gasteiger partial charge on any atom is -0.379 e. The lowest BCUT2D eigenvalue weighted by Gasteiger charge is -2.33. The lowest BCUT2D eigenvalue weighted by atomic mass is 10.1. The van der Waals surface area contributed by atoms with E-state index in [1.807, 2.05) is 12.1 Å². The molecule has 0 aliphatic carbocycles. The Morgan fingerprint density at radius 2 is 1.78 bits per heavy atom. The molecule has 5 heteroatoms. The van der Waals surface area contributed by atoms with Crippen LogP contribution in [0.15, 0.2) is 29.7 Å². The molecule has 2 aliphatic rings. The van der Waals surface area contributed by atoms with Crippen LogP contribution in [-0.2, 0) is 10.1 Å². The van der Waals surface area contributed by atoms with Crippen LogP contribution in [0.4, 0.5) is 0 Å². The van der Waals surface area contributed by atoms with E-state index in [0.717, 1.165) is 37.2 Å². The summed E-state index contributed by atoms with van der Waals surface area (Å²) in [4.78, 5) is 2.14. The van der Waals surface area contributed by atoms with Crippen LogP contribution in [0.3, 0.4) is 0 Å². The van der Waals surface area contributed by atoms with Gasteiger partial charge < -0.3 is 9.08 Å². The molecular formula is C13H15NO3S. The normalized spacial score (nSPS) is 21.8. The molecule has 2 heterocycles. The lowest BCUT2D eigenvalue weighted by Crippen LogP contribution is -2.30. The molecule has 0 spiro atoms. The summed E-state index contributed by atoms with van der Waals surface area (Å²) in [5.74, 6) is 0.431. The Kier molecular flexibility index (Phi) is 2.78. The van der Waals surface area contributed by atoms with E-state index < -0.39 is 10.1 Å². The van der Waals surface area contributed by atoms with Gasteiger partial charge in [0.1, 0.15) is 0 Å². The van der Waals surface area contributed by atoms with E-state index in [4.69, 9.17) is 4.18 Å². The molecular weight excluding hydrogens is 250 g/mol. The van der Waals surface area contributed by atoms with E-state index >= 15 is 0 Å². The molecule has 0 saturated carbocycles. The third-order valence-corrected chi connectivity index (χ3v) is 4.25. The lowest BCUT2D eigenvalue weighted by molar-refractivity contribution is 0.324. The summed E-state index contributed by atoms with van der Waals surface area (Å²) in [5, 5.41) is 1.25. The zero-order chi connectivity index (χ0) is 12.6. The summed E-state index contributed by atoms with van der Waals surface area (Å²) >= 11 is 0.